The average Bonchev–Trinajstić information content (AvgIpc) is 2.34. The zero-order chi connectivity index (χ0) is 12.7. The molecule has 1 aromatic rings. The van der Waals surface area contributed by atoms with Crippen LogP contribution in [-0.2, 0) is 11.2 Å². The molecule has 1 atom stereocenters. The molecule has 96 valence electrons. The third kappa shape index (κ3) is 4.49. The Morgan fingerprint density at radius 2 is 1.88 bits per heavy atom. The van der Waals surface area contributed by atoms with Crippen molar-refractivity contribution in [3.05, 3.63) is 35.4 Å². The lowest BCUT2D eigenvalue weighted by atomic mass is 9.99. The van der Waals surface area contributed by atoms with E-state index in [9.17, 15) is 0 Å². The largest absolute Gasteiger partial charge is 0.377 e. The summed E-state index contributed by atoms with van der Waals surface area (Å²) in [5, 5.41) is 3.50. The van der Waals surface area contributed by atoms with Gasteiger partial charge in [-0.25, -0.2) is 0 Å². The summed E-state index contributed by atoms with van der Waals surface area (Å²) in [6, 6.07) is 8.92. The molecule has 1 aromatic carbocycles. The third-order valence-corrected chi connectivity index (χ3v) is 2.86. The molecular formula is C15H25NO. The van der Waals surface area contributed by atoms with Gasteiger partial charge in [-0.05, 0) is 37.9 Å². The van der Waals surface area contributed by atoms with Crippen molar-refractivity contribution in [2.75, 3.05) is 13.2 Å². The van der Waals surface area contributed by atoms with Crippen LogP contribution >= 0.6 is 0 Å². The monoisotopic (exact) mass is 235 g/mol. The molecule has 0 heterocycles. The predicted molar refractivity (Wildman–Crippen MR) is 73.3 cm³/mol. The molecule has 1 unspecified atom stereocenters. The zero-order valence-corrected chi connectivity index (χ0v) is 11.5. The smallest absolute Gasteiger partial charge is 0.0665 e. The van der Waals surface area contributed by atoms with Gasteiger partial charge in [-0.3, -0.25) is 0 Å². The molecule has 0 saturated carbocycles. The van der Waals surface area contributed by atoms with Gasteiger partial charge in [-0.1, -0.05) is 38.1 Å². The van der Waals surface area contributed by atoms with E-state index in [1.165, 1.54) is 11.1 Å². The first-order valence-electron chi connectivity index (χ1n) is 6.61. The van der Waals surface area contributed by atoms with Gasteiger partial charge in [0, 0.05) is 0 Å². The van der Waals surface area contributed by atoms with Crippen molar-refractivity contribution in [3.63, 3.8) is 0 Å². The van der Waals surface area contributed by atoms with Crippen LogP contribution in [0.25, 0.3) is 0 Å². The van der Waals surface area contributed by atoms with Gasteiger partial charge in [0.15, 0.2) is 0 Å². The van der Waals surface area contributed by atoms with E-state index in [2.05, 4.69) is 57.3 Å². The first-order chi connectivity index (χ1) is 8.19. The van der Waals surface area contributed by atoms with Crippen molar-refractivity contribution in [3.8, 4) is 0 Å². The van der Waals surface area contributed by atoms with E-state index in [1.54, 1.807) is 0 Å². The highest BCUT2D eigenvalue weighted by Crippen LogP contribution is 2.19. The Morgan fingerprint density at radius 1 is 1.18 bits per heavy atom. The molecule has 1 rings (SSSR count). The zero-order valence-electron chi connectivity index (χ0n) is 11.5. The maximum atomic E-state index is 5.75. The van der Waals surface area contributed by atoms with E-state index in [0.29, 0.717) is 6.04 Å². The fraction of sp³-hybridized carbons (Fsp3) is 0.600. The molecule has 0 spiro atoms. The van der Waals surface area contributed by atoms with Gasteiger partial charge in [0.2, 0.25) is 0 Å². The van der Waals surface area contributed by atoms with Crippen LogP contribution in [0.5, 0.6) is 0 Å². The van der Waals surface area contributed by atoms with Crippen LogP contribution in [0.15, 0.2) is 24.3 Å². The number of rotatable bonds is 7. The minimum absolute atomic E-state index is 0.282. The molecule has 2 nitrogen and oxygen atoms in total. The van der Waals surface area contributed by atoms with E-state index in [1.807, 2.05) is 0 Å². The number of nitrogens with one attached hydrogen (secondary N) is 1. The van der Waals surface area contributed by atoms with Gasteiger partial charge in [0.1, 0.15) is 0 Å². The minimum atomic E-state index is 0.282. The van der Waals surface area contributed by atoms with Crippen molar-refractivity contribution in [1.29, 1.82) is 0 Å². The summed E-state index contributed by atoms with van der Waals surface area (Å²) in [4.78, 5) is 0. The Bertz CT molecular complexity index is 322. The quantitative estimate of drug-likeness (QED) is 0.782. The van der Waals surface area contributed by atoms with Crippen molar-refractivity contribution in [1.82, 2.24) is 5.32 Å². The number of hydrogen-bond donors (Lipinski definition) is 1. The molecule has 0 bridgehead atoms. The molecule has 0 aliphatic carbocycles. The number of likely N-dealkylation sites (N-methyl/N-ethyl adjacent to an activating group) is 1. The summed E-state index contributed by atoms with van der Waals surface area (Å²) in [7, 11) is 0. The summed E-state index contributed by atoms with van der Waals surface area (Å²) in [6.45, 7) is 10.2. The molecule has 1 N–H and O–H groups in total. The molecule has 0 fully saturated rings. The second kappa shape index (κ2) is 7.46. The van der Waals surface area contributed by atoms with E-state index in [4.69, 9.17) is 4.74 Å². The molecule has 0 aromatic heterocycles. The Labute approximate surface area is 105 Å². The number of aryl methyl sites for hydroxylation is 1. The lowest BCUT2D eigenvalue weighted by Gasteiger charge is -2.22. The number of ether oxygens (including phenoxy) is 1. The predicted octanol–water partition coefficient (Wildman–Crippen LogP) is 3.32. The Balaban J connectivity index is 2.80. The number of benzene rings is 1. The SMILES string of the molecule is CCNC(COC(C)C)c1ccccc1CC. The first-order valence-corrected chi connectivity index (χ1v) is 6.61. The molecule has 0 aliphatic rings. The minimum Gasteiger partial charge on any atom is -0.377 e. The van der Waals surface area contributed by atoms with E-state index in [0.717, 1.165) is 19.6 Å². The highest BCUT2D eigenvalue weighted by atomic mass is 16.5. The summed E-state index contributed by atoms with van der Waals surface area (Å²) in [5.74, 6) is 0. The molecule has 0 aliphatic heterocycles. The number of hydrogen-bond acceptors (Lipinski definition) is 2. The highest BCUT2D eigenvalue weighted by molar-refractivity contribution is 5.30. The molecule has 2 heteroatoms. The van der Waals surface area contributed by atoms with Crippen LogP contribution in [0.3, 0.4) is 0 Å². The topological polar surface area (TPSA) is 21.3 Å². The first kappa shape index (κ1) is 14.2. The summed E-state index contributed by atoms with van der Waals surface area (Å²) in [6.07, 6.45) is 1.35. The second-order valence-corrected chi connectivity index (χ2v) is 4.54. The molecular weight excluding hydrogens is 210 g/mol. The summed E-state index contributed by atoms with van der Waals surface area (Å²) < 4.78 is 5.75. The van der Waals surface area contributed by atoms with Crippen molar-refractivity contribution in [2.45, 2.75) is 46.3 Å². The van der Waals surface area contributed by atoms with Crippen LogP contribution in [0.4, 0.5) is 0 Å². The lowest BCUT2D eigenvalue weighted by molar-refractivity contribution is 0.0613. The van der Waals surface area contributed by atoms with Gasteiger partial charge >= 0.3 is 0 Å². The van der Waals surface area contributed by atoms with Crippen molar-refractivity contribution >= 4 is 0 Å². The van der Waals surface area contributed by atoms with Gasteiger partial charge < -0.3 is 10.1 Å². The van der Waals surface area contributed by atoms with Crippen molar-refractivity contribution < 1.29 is 4.74 Å². The van der Waals surface area contributed by atoms with Crippen LogP contribution < -0.4 is 5.32 Å². The van der Waals surface area contributed by atoms with Gasteiger partial charge in [0.25, 0.3) is 0 Å². The third-order valence-electron chi connectivity index (χ3n) is 2.86. The fourth-order valence-corrected chi connectivity index (χ4v) is 1.99. The Morgan fingerprint density at radius 3 is 2.47 bits per heavy atom. The van der Waals surface area contributed by atoms with Crippen LogP contribution in [0.1, 0.15) is 44.9 Å². The molecule has 0 amide bonds. The van der Waals surface area contributed by atoms with Crippen molar-refractivity contribution in [2.24, 2.45) is 0 Å². The standard InChI is InChI=1S/C15H25NO/c1-5-13-9-7-8-10-14(13)15(16-6-2)11-17-12(3)4/h7-10,12,15-16H,5-6,11H2,1-4H3. The van der Waals surface area contributed by atoms with Crippen LogP contribution in [0, 0.1) is 0 Å². The second-order valence-electron chi connectivity index (χ2n) is 4.54. The Kier molecular flexibility index (Phi) is 6.23. The lowest BCUT2D eigenvalue weighted by Crippen LogP contribution is -2.27. The van der Waals surface area contributed by atoms with Gasteiger partial charge in [-0.2, -0.15) is 0 Å². The average molecular weight is 235 g/mol. The van der Waals surface area contributed by atoms with Gasteiger partial charge in [-0.15, -0.1) is 0 Å². The summed E-state index contributed by atoms with van der Waals surface area (Å²) >= 11 is 0. The van der Waals surface area contributed by atoms with E-state index in [-0.39, 0.29) is 6.10 Å². The Hall–Kier alpha value is -0.860. The summed E-state index contributed by atoms with van der Waals surface area (Å²) in [5.41, 5.74) is 2.78. The van der Waals surface area contributed by atoms with Gasteiger partial charge in [0.05, 0.1) is 18.8 Å². The molecule has 0 saturated heterocycles. The highest BCUT2D eigenvalue weighted by Gasteiger charge is 2.13. The van der Waals surface area contributed by atoms with E-state index < -0.39 is 0 Å². The van der Waals surface area contributed by atoms with E-state index >= 15 is 0 Å². The molecule has 17 heavy (non-hydrogen) atoms. The van der Waals surface area contributed by atoms with Crippen LogP contribution in [-0.4, -0.2) is 19.3 Å². The normalized spacial score (nSPS) is 13.0. The maximum absolute atomic E-state index is 5.75. The van der Waals surface area contributed by atoms with Crippen LogP contribution in [0.2, 0.25) is 0 Å². The maximum Gasteiger partial charge on any atom is 0.0665 e. The fourth-order valence-electron chi connectivity index (χ4n) is 1.99. The molecule has 0 radical (unpaired) electrons.